The zero-order chi connectivity index (χ0) is 25.8. The summed E-state index contributed by atoms with van der Waals surface area (Å²) in [5.74, 6) is 1.46. The van der Waals surface area contributed by atoms with Crippen LogP contribution in [0, 0.1) is 6.92 Å². The minimum absolute atomic E-state index is 0.185. The number of oxazole rings is 1. The van der Waals surface area contributed by atoms with E-state index in [9.17, 15) is 4.79 Å². The summed E-state index contributed by atoms with van der Waals surface area (Å²) in [6, 6.07) is 25.3. The lowest BCUT2D eigenvalue weighted by molar-refractivity contribution is -0.115. The predicted molar refractivity (Wildman–Crippen MR) is 151 cm³/mol. The third-order valence-corrected chi connectivity index (χ3v) is 6.12. The lowest BCUT2D eigenvalue weighted by Crippen LogP contribution is -2.33. The molecule has 0 unspecified atom stereocenters. The Hall–Kier alpha value is -4.49. The number of amides is 1. The minimum atomic E-state index is -0.366. The highest BCUT2D eigenvalue weighted by Crippen LogP contribution is 2.28. The molecule has 0 radical (unpaired) electrons. The van der Waals surface area contributed by atoms with Gasteiger partial charge in [0.25, 0.3) is 0 Å². The third-order valence-electron chi connectivity index (χ3n) is 5.91. The number of benzene rings is 3. The molecular weight excluding hydrogens is 482 g/mol. The van der Waals surface area contributed by atoms with Crippen molar-refractivity contribution >= 4 is 46.1 Å². The number of carbonyl (C=O) groups is 1. The Bertz CT molecular complexity index is 1620. The number of nitrogens with zero attached hydrogens (tertiary/aromatic N) is 1. The van der Waals surface area contributed by atoms with Crippen LogP contribution in [0.2, 0.25) is 0 Å². The zero-order valence-corrected chi connectivity index (χ0v) is 21.3. The van der Waals surface area contributed by atoms with Crippen molar-refractivity contribution in [3.8, 4) is 22.8 Å². The van der Waals surface area contributed by atoms with Gasteiger partial charge >= 0.3 is 0 Å². The van der Waals surface area contributed by atoms with Gasteiger partial charge in [0.1, 0.15) is 17.0 Å². The van der Waals surface area contributed by atoms with Gasteiger partial charge in [0, 0.05) is 22.9 Å². The number of rotatable bonds is 6. The number of anilines is 1. The second kappa shape index (κ2) is 10.6. The molecular formula is C30H25N3O3S. The van der Waals surface area contributed by atoms with Crippen LogP contribution in [0.1, 0.15) is 23.8 Å². The molecule has 1 amide bonds. The number of thiocarbonyl (C=S) groups is 1. The van der Waals surface area contributed by atoms with E-state index in [2.05, 4.69) is 22.5 Å². The van der Waals surface area contributed by atoms with Crippen molar-refractivity contribution in [3.63, 3.8) is 0 Å². The Morgan fingerprint density at radius 1 is 0.973 bits per heavy atom. The van der Waals surface area contributed by atoms with Gasteiger partial charge in [-0.3, -0.25) is 10.1 Å². The number of fused-ring (bicyclic) bond motifs is 1. The maximum absolute atomic E-state index is 12.4. The van der Waals surface area contributed by atoms with Gasteiger partial charge in [-0.2, -0.15) is 0 Å². The minimum Gasteiger partial charge on any atom is -0.457 e. The summed E-state index contributed by atoms with van der Waals surface area (Å²) in [5.41, 5.74) is 6.26. The summed E-state index contributed by atoms with van der Waals surface area (Å²) in [6.45, 7) is 4.06. The van der Waals surface area contributed by atoms with E-state index in [4.69, 9.17) is 21.1 Å². The normalized spacial score (nSPS) is 11.2. The molecule has 0 aliphatic heterocycles. The van der Waals surface area contributed by atoms with Crippen LogP contribution < -0.4 is 10.6 Å². The number of carbonyl (C=O) groups excluding carboxylic acids is 1. The first-order valence-electron chi connectivity index (χ1n) is 11.9. The number of hydrogen-bond donors (Lipinski definition) is 2. The van der Waals surface area contributed by atoms with Gasteiger partial charge in [0.15, 0.2) is 10.7 Å². The van der Waals surface area contributed by atoms with Crippen LogP contribution in [0.4, 0.5) is 5.69 Å². The average molecular weight is 508 g/mol. The van der Waals surface area contributed by atoms with E-state index >= 15 is 0 Å². The monoisotopic (exact) mass is 507 g/mol. The SMILES string of the molecule is CCc1ccc2oc(-c3ccc(C)c(NC(=S)NC(=O)/C=C/c4ccc(-c5ccccc5)o4)c3)nc2c1. The number of hydrogen-bond acceptors (Lipinski definition) is 5. The fourth-order valence-electron chi connectivity index (χ4n) is 3.87. The van der Waals surface area contributed by atoms with Crippen LogP contribution >= 0.6 is 12.2 Å². The highest BCUT2D eigenvalue weighted by Gasteiger charge is 2.12. The standard InChI is InChI=1S/C30H25N3O3S/c1-3-20-10-14-27-25(17-20)31-29(36-27)22-11-9-19(2)24(18-22)32-30(37)33-28(34)16-13-23-12-15-26(35-23)21-7-5-4-6-8-21/h4-18H,3H2,1-2H3,(H2,32,33,34,37)/b16-13+. The topological polar surface area (TPSA) is 80.3 Å². The molecule has 37 heavy (non-hydrogen) atoms. The van der Waals surface area contributed by atoms with Gasteiger partial charge in [-0.25, -0.2) is 4.98 Å². The largest absolute Gasteiger partial charge is 0.457 e. The number of aryl methyl sites for hydroxylation is 2. The molecule has 0 saturated heterocycles. The average Bonchev–Trinajstić information content (AvgIpc) is 3.56. The molecule has 0 fully saturated rings. The molecule has 0 aliphatic rings. The maximum Gasteiger partial charge on any atom is 0.250 e. The molecule has 5 aromatic rings. The van der Waals surface area contributed by atoms with E-state index in [0.29, 0.717) is 11.7 Å². The summed E-state index contributed by atoms with van der Waals surface area (Å²) in [5, 5.41) is 5.96. The molecule has 0 spiro atoms. The molecule has 0 atom stereocenters. The van der Waals surface area contributed by atoms with E-state index < -0.39 is 0 Å². The van der Waals surface area contributed by atoms with Crippen molar-refractivity contribution < 1.29 is 13.6 Å². The Morgan fingerprint density at radius 3 is 2.62 bits per heavy atom. The molecule has 0 saturated carbocycles. The molecule has 2 aromatic heterocycles. The summed E-state index contributed by atoms with van der Waals surface area (Å²) in [6.07, 6.45) is 3.92. The number of furan rings is 1. The Labute approximate surface area is 220 Å². The lowest BCUT2D eigenvalue weighted by Gasteiger charge is -2.11. The molecule has 6 nitrogen and oxygen atoms in total. The maximum atomic E-state index is 12.4. The quantitative estimate of drug-likeness (QED) is 0.188. The van der Waals surface area contributed by atoms with E-state index in [1.807, 2.05) is 85.8 Å². The fraction of sp³-hybridized carbons (Fsp3) is 0.100. The predicted octanol–water partition coefficient (Wildman–Crippen LogP) is 7.15. The van der Waals surface area contributed by atoms with Crippen LogP contribution in [0.25, 0.3) is 40.0 Å². The van der Waals surface area contributed by atoms with Crippen molar-refractivity contribution in [2.75, 3.05) is 5.32 Å². The summed E-state index contributed by atoms with van der Waals surface area (Å²) < 4.78 is 11.8. The van der Waals surface area contributed by atoms with Crippen LogP contribution in [-0.2, 0) is 11.2 Å². The van der Waals surface area contributed by atoms with Crippen molar-refractivity contribution in [1.82, 2.24) is 10.3 Å². The zero-order valence-electron chi connectivity index (χ0n) is 20.4. The van der Waals surface area contributed by atoms with Crippen LogP contribution in [0.5, 0.6) is 0 Å². The Balaban J connectivity index is 1.24. The van der Waals surface area contributed by atoms with Crippen molar-refractivity contribution in [1.29, 1.82) is 0 Å². The van der Waals surface area contributed by atoms with Gasteiger partial charge in [-0.15, -0.1) is 0 Å². The molecule has 0 bridgehead atoms. The van der Waals surface area contributed by atoms with E-state index in [1.165, 1.54) is 11.6 Å². The summed E-state index contributed by atoms with van der Waals surface area (Å²) in [7, 11) is 0. The van der Waals surface area contributed by atoms with Gasteiger partial charge in [-0.1, -0.05) is 49.4 Å². The second-order valence-corrected chi connectivity index (χ2v) is 8.96. The molecule has 0 aliphatic carbocycles. The first kappa shape index (κ1) is 24.2. The Morgan fingerprint density at radius 2 is 1.81 bits per heavy atom. The summed E-state index contributed by atoms with van der Waals surface area (Å²) in [4.78, 5) is 17.1. The van der Waals surface area contributed by atoms with Crippen molar-refractivity contribution in [3.05, 3.63) is 102 Å². The smallest absolute Gasteiger partial charge is 0.250 e. The van der Waals surface area contributed by atoms with E-state index in [0.717, 1.165) is 45.7 Å². The highest BCUT2D eigenvalue weighted by molar-refractivity contribution is 7.80. The fourth-order valence-corrected chi connectivity index (χ4v) is 4.08. The van der Waals surface area contributed by atoms with Crippen LogP contribution in [0.15, 0.2) is 93.8 Å². The molecule has 184 valence electrons. The molecule has 3 aromatic carbocycles. The molecule has 2 heterocycles. The van der Waals surface area contributed by atoms with Crippen molar-refractivity contribution in [2.45, 2.75) is 20.3 Å². The van der Waals surface area contributed by atoms with Gasteiger partial charge < -0.3 is 14.2 Å². The lowest BCUT2D eigenvalue weighted by atomic mass is 10.1. The van der Waals surface area contributed by atoms with Crippen LogP contribution in [0.3, 0.4) is 0 Å². The first-order chi connectivity index (χ1) is 18.0. The van der Waals surface area contributed by atoms with Gasteiger partial charge in [-0.05, 0) is 79.2 Å². The number of nitrogens with one attached hydrogen (secondary N) is 2. The molecule has 5 rings (SSSR count). The Kier molecular flexibility index (Phi) is 6.96. The van der Waals surface area contributed by atoms with E-state index in [-0.39, 0.29) is 11.0 Å². The second-order valence-electron chi connectivity index (χ2n) is 8.55. The van der Waals surface area contributed by atoms with Gasteiger partial charge in [0.2, 0.25) is 11.8 Å². The highest BCUT2D eigenvalue weighted by atomic mass is 32.1. The third kappa shape index (κ3) is 5.68. The first-order valence-corrected chi connectivity index (χ1v) is 12.3. The van der Waals surface area contributed by atoms with Gasteiger partial charge in [0.05, 0.1) is 0 Å². The van der Waals surface area contributed by atoms with Crippen LogP contribution in [-0.4, -0.2) is 16.0 Å². The van der Waals surface area contributed by atoms with Crippen molar-refractivity contribution in [2.24, 2.45) is 0 Å². The summed E-state index contributed by atoms with van der Waals surface area (Å²) >= 11 is 5.37. The van der Waals surface area contributed by atoms with E-state index in [1.54, 1.807) is 6.08 Å². The molecule has 7 heteroatoms. The number of aromatic nitrogens is 1. The molecule has 2 N–H and O–H groups in total.